The zero-order valence-electron chi connectivity index (χ0n) is 4.46. The van der Waals surface area contributed by atoms with Crippen molar-refractivity contribution >= 4 is 12.6 Å². The normalized spacial score (nSPS) is 11.7. The van der Waals surface area contributed by atoms with Gasteiger partial charge in [0.15, 0.2) is 0 Å². The molecule has 0 unspecified atom stereocenters. The molecular weight excluding hydrogens is 104 g/mol. The van der Waals surface area contributed by atoms with Crippen molar-refractivity contribution < 1.29 is 0 Å². The van der Waals surface area contributed by atoms with E-state index in [1.807, 2.05) is 31.2 Å². The summed E-state index contributed by atoms with van der Waals surface area (Å²) in [5, 5.41) is 0. The molecule has 40 valence electrons. The summed E-state index contributed by atoms with van der Waals surface area (Å²) in [6.07, 6.45) is 7.94. The number of allylic oxidation sites excluding steroid dienone is 3. The molecule has 0 atom stereocenters. The Labute approximate surface area is 50.3 Å². The van der Waals surface area contributed by atoms with Crippen LogP contribution in [0, 0.1) is 0 Å². The molecule has 7 heavy (non-hydrogen) atoms. The largest absolute Gasteiger partial charge is 0.175 e. The van der Waals surface area contributed by atoms with E-state index in [4.69, 9.17) is 0 Å². The lowest BCUT2D eigenvalue weighted by atomic mass is 10.5. The van der Waals surface area contributed by atoms with Crippen LogP contribution in [0.15, 0.2) is 24.3 Å². The smallest absolute Gasteiger partial charge is 0.00856 e. The molecule has 0 aliphatic carbocycles. The summed E-state index contributed by atoms with van der Waals surface area (Å²) in [4.78, 5) is 0. The van der Waals surface area contributed by atoms with Crippen LogP contribution in [0.25, 0.3) is 0 Å². The Morgan fingerprint density at radius 1 is 1.43 bits per heavy atom. The number of hydrogen-bond donors (Lipinski definition) is 1. The van der Waals surface area contributed by atoms with Gasteiger partial charge in [0.05, 0.1) is 0 Å². The second-order valence-electron chi connectivity index (χ2n) is 1.14. The molecule has 0 aromatic rings. The second-order valence-corrected chi connectivity index (χ2v) is 1.50. The lowest BCUT2D eigenvalue weighted by molar-refractivity contribution is 1.70. The number of rotatable bonds is 2. The van der Waals surface area contributed by atoms with Crippen molar-refractivity contribution in [2.75, 3.05) is 5.75 Å². The molecule has 0 fully saturated rings. The van der Waals surface area contributed by atoms with Gasteiger partial charge in [0.1, 0.15) is 0 Å². The van der Waals surface area contributed by atoms with Crippen molar-refractivity contribution in [1.82, 2.24) is 0 Å². The number of hydrogen-bond acceptors (Lipinski definition) is 1. The van der Waals surface area contributed by atoms with Gasteiger partial charge in [-0.3, -0.25) is 0 Å². The van der Waals surface area contributed by atoms with E-state index in [9.17, 15) is 0 Å². The average molecular weight is 114 g/mol. The van der Waals surface area contributed by atoms with Crippen molar-refractivity contribution in [2.24, 2.45) is 0 Å². The van der Waals surface area contributed by atoms with E-state index in [1.54, 1.807) is 0 Å². The first kappa shape index (κ1) is 6.83. The molecule has 0 amide bonds. The fourth-order valence-corrected chi connectivity index (χ4v) is 0.372. The van der Waals surface area contributed by atoms with Crippen LogP contribution in [0.3, 0.4) is 0 Å². The molecule has 0 saturated carbocycles. The van der Waals surface area contributed by atoms with Crippen molar-refractivity contribution in [3.05, 3.63) is 24.3 Å². The molecule has 0 aliphatic heterocycles. The topological polar surface area (TPSA) is 0 Å². The Balaban J connectivity index is 3.09. The van der Waals surface area contributed by atoms with Gasteiger partial charge in [-0.25, -0.2) is 0 Å². The minimum atomic E-state index is 0.824. The Morgan fingerprint density at radius 3 is 2.57 bits per heavy atom. The summed E-state index contributed by atoms with van der Waals surface area (Å²) in [7, 11) is 0. The Bertz CT molecular complexity index is 72.2. The average Bonchev–Trinajstić information content (AvgIpc) is 1.69. The van der Waals surface area contributed by atoms with Crippen LogP contribution >= 0.6 is 12.6 Å². The highest BCUT2D eigenvalue weighted by molar-refractivity contribution is 7.80. The summed E-state index contributed by atoms with van der Waals surface area (Å²) in [6, 6.07) is 0. The van der Waals surface area contributed by atoms with Crippen molar-refractivity contribution in [2.45, 2.75) is 6.92 Å². The van der Waals surface area contributed by atoms with Crippen molar-refractivity contribution in [3.63, 3.8) is 0 Å². The maximum absolute atomic E-state index is 3.97. The Hall–Kier alpha value is -0.170. The first-order valence-corrected chi connectivity index (χ1v) is 2.93. The standard InChI is InChI=1S/C6H10S/c1-2-3-4-5-6-7/h2-5,7H,6H2,1H3/b3-2+,5-4+. The first-order chi connectivity index (χ1) is 3.41. The molecule has 0 heterocycles. The minimum absolute atomic E-state index is 0.824. The van der Waals surface area contributed by atoms with Gasteiger partial charge in [-0.15, -0.1) is 0 Å². The lowest BCUT2D eigenvalue weighted by Gasteiger charge is -1.70. The highest BCUT2D eigenvalue weighted by atomic mass is 32.1. The molecule has 0 bridgehead atoms. The molecule has 0 spiro atoms. The van der Waals surface area contributed by atoms with E-state index in [0.717, 1.165) is 5.75 Å². The highest BCUT2D eigenvalue weighted by Crippen LogP contribution is 1.77. The van der Waals surface area contributed by atoms with Crippen LogP contribution in [-0.2, 0) is 0 Å². The molecule has 0 rings (SSSR count). The molecule has 0 radical (unpaired) electrons. The summed E-state index contributed by atoms with van der Waals surface area (Å²) < 4.78 is 0. The van der Waals surface area contributed by atoms with E-state index in [0.29, 0.717) is 0 Å². The van der Waals surface area contributed by atoms with Gasteiger partial charge >= 0.3 is 0 Å². The molecular formula is C6H10S. The van der Waals surface area contributed by atoms with E-state index in [1.165, 1.54) is 0 Å². The van der Waals surface area contributed by atoms with E-state index in [2.05, 4.69) is 12.6 Å². The third-order valence-corrected chi connectivity index (χ3v) is 0.756. The maximum atomic E-state index is 3.97. The lowest BCUT2D eigenvalue weighted by Crippen LogP contribution is -1.54. The monoisotopic (exact) mass is 114 g/mol. The third kappa shape index (κ3) is 5.83. The summed E-state index contributed by atoms with van der Waals surface area (Å²) in [6.45, 7) is 1.99. The fraction of sp³-hybridized carbons (Fsp3) is 0.333. The van der Waals surface area contributed by atoms with Crippen LogP contribution in [0.1, 0.15) is 6.92 Å². The van der Waals surface area contributed by atoms with Crippen LogP contribution in [0.2, 0.25) is 0 Å². The third-order valence-electron chi connectivity index (χ3n) is 0.545. The second kappa shape index (κ2) is 5.83. The van der Waals surface area contributed by atoms with E-state index < -0.39 is 0 Å². The van der Waals surface area contributed by atoms with Gasteiger partial charge in [-0.1, -0.05) is 24.3 Å². The SMILES string of the molecule is C/C=C/C=C/CS. The molecule has 0 N–H and O–H groups in total. The van der Waals surface area contributed by atoms with Crippen molar-refractivity contribution in [3.8, 4) is 0 Å². The van der Waals surface area contributed by atoms with Crippen LogP contribution in [0.4, 0.5) is 0 Å². The van der Waals surface area contributed by atoms with E-state index in [-0.39, 0.29) is 0 Å². The number of thiol groups is 1. The van der Waals surface area contributed by atoms with Gasteiger partial charge in [-0.05, 0) is 6.92 Å². The maximum Gasteiger partial charge on any atom is 0.00856 e. The van der Waals surface area contributed by atoms with E-state index >= 15 is 0 Å². The molecule has 0 saturated heterocycles. The van der Waals surface area contributed by atoms with Crippen LogP contribution in [-0.4, -0.2) is 5.75 Å². The molecule has 0 nitrogen and oxygen atoms in total. The molecule has 0 aromatic heterocycles. The quantitative estimate of drug-likeness (QED) is 0.412. The molecule has 0 aromatic carbocycles. The molecule has 0 aliphatic rings. The predicted molar refractivity (Wildman–Crippen MR) is 37.8 cm³/mol. The van der Waals surface area contributed by atoms with Gasteiger partial charge < -0.3 is 0 Å². The van der Waals surface area contributed by atoms with Gasteiger partial charge in [0, 0.05) is 5.75 Å². The predicted octanol–water partition coefficient (Wildman–Crippen LogP) is 2.05. The Morgan fingerprint density at radius 2 is 2.14 bits per heavy atom. The van der Waals surface area contributed by atoms with Gasteiger partial charge in [0.2, 0.25) is 0 Å². The van der Waals surface area contributed by atoms with Crippen LogP contribution in [0.5, 0.6) is 0 Å². The Kier molecular flexibility index (Phi) is 5.69. The van der Waals surface area contributed by atoms with Gasteiger partial charge in [-0.2, -0.15) is 12.6 Å². The van der Waals surface area contributed by atoms with Gasteiger partial charge in [0.25, 0.3) is 0 Å². The zero-order valence-corrected chi connectivity index (χ0v) is 5.36. The van der Waals surface area contributed by atoms with Crippen LogP contribution < -0.4 is 0 Å². The highest BCUT2D eigenvalue weighted by Gasteiger charge is 1.58. The summed E-state index contributed by atoms with van der Waals surface area (Å²) in [5.41, 5.74) is 0. The zero-order chi connectivity index (χ0) is 5.54. The minimum Gasteiger partial charge on any atom is -0.175 e. The molecule has 1 heteroatoms. The summed E-state index contributed by atoms with van der Waals surface area (Å²) >= 11 is 3.97. The van der Waals surface area contributed by atoms with Crippen molar-refractivity contribution in [1.29, 1.82) is 0 Å². The fourth-order valence-electron chi connectivity index (χ4n) is 0.251. The summed E-state index contributed by atoms with van der Waals surface area (Å²) in [5.74, 6) is 0.824. The first-order valence-electron chi connectivity index (χ1n) is 2.30.